The van der Waals surface area contributed by atoms with Gasteiger partial charge in [0.2, 0.25) is 0 Å². The number of hydrogen-bond donors (Lipinski definition) is 1. The van der Waals surface area contributed by atoms with Gasteiger partial charge in [0.25, 0.3) is 0 Å². The second kappa shape index (κ2) is 7.32. The van der Waals surface area contributed by atoms with Crippen molar-refractivity contribution in [2.75, 3.05) is 39.3 Å². The largest absolute Gasteiger partial charge is 0.464 e. The van der Waals surface area contributed by atoms with Crippen molar-refractivity contribution in [1.29, 1.82) is 0 Å². The highest BCUT2D eigenvalue weighted by atomic mass is 16.5. The molecule has 6 nitrogen and oxygen atoms in total. The molecule has 0 aromatic rings. The van der Waals surface area contributed by atoms with E-state index >= 15 is 0 Å². The van der Waals surface area contributed by atoms with Crippen LogP contribution in [0.5, 0.6) is 0 Å². The van der Waals surface area contributed by atoms with Crippen LogP contribution in [0, 0.1) is 0 Å². The number of hydrazine groups is 1. The van der Waals surface area contributed by atoms with Gasteiger partial charge < -0.3 is 9.53 Å². The normalized spacial score (nSPS) is 18.3. The smallest absolute Gasteiger partial charge is 0.306 e. The minimum atomic E-state index is -0.301. The number of nitrogens with zero attached hydrogens (tertiary/aromatic N) is 2. The molecule has 1 rings (SSSR count). The van der Waals surface area contributed by atoms with Crippen LogP contribution >= 0.6 is 0 Å². The minimum Gasteiger partial charge on any atom is -0.464 e. The lowest BCUT2D eigenvalue weighted by atomic mass is 10.3. The second-order valence-electron chi connectivity index (χ2n) is 3.80. The summed E-state index contributed by atoms with van der Waals surface area (Å²) in [6, 6.07) is 0. The van der Waals surface area contributed by atoms with Crippen molar-refractivity contribution in [3.63, 3.8) is 0 Å². The fourth-order valence-corrected chi connectivity index (χ4v) is 1.52. The van der Waals surface area contributed by atoms with E-state index in [4.69, 9.17) is 10.6 Å². The van der Waals surface area contributed by atoms with Gasteiger partial charge in [-0.15, -0.1) is 0 Å². The standard InChI is InChI=1S/C10H19N3O3/c11-13-5-3-12(4-6-13)7-9-16-10(15)2-1-8-14/h8H,1-7,9,11H2. The number of hydrogen-bond acceptors (Lipinski definition) is 6. The highest BCUT2D eigenvalue weighted by Crippen LogP contribution is 1.97. The second-order valence-corrected chi connectivity index (χ2v) is 3.80. The van der Waals surface area contributed by atoms with Crippen LogP contribution in [0.2, 0.25) is 0 Å². The summed E-state index contributed by atoms with van der Waals surface area (Å²) in [5.41, 5.74) is 0. The highest BCUT2D eigenvalue weighted by Gasteiger charge is 2.14. The molecule has 0 spiro atoms. The quantitative estimate of drug-likeness (QED) is 0.358. The summed E-state index contributed by atoms with van der Waals surface area (Å²) in [6.45, 7) is 4.63. The number of nitrogens with two attached hydrogens (primary N) is 1. The molecule has 0 aromatic carbocycles. The first-order valence-corrected chi connectivity index (χ1v) is 5.53. The van der Waals surface area contributed by atoms with E-state index in [9.17, 15) is 9.59 Å². The first kappa shape index (κ1) is 13.1. The molecular weight excluding hydrogens is 210 g/mol. The molecule has 0 atom stereocenters. The fourth-order valence-electron chi connectivity index (χ4n) is 1.52. The van der Waals surface area contributed by atoms with E-state index < -0.39 is 0 Å². The van der Waals surface area contributed by atoms with Gasteiger partial charge in [-0.2, -0.15) is 0 Å². The van der Waals surface area contributed by atoms with E-state index in [-0.39, 0.29) is 18.8 Å². The number of carbonyl (C=O) groups is 2. The Morgan fingerprint density at radius 2 is 2.00 bits per heavy atom. The van der Waals surface area contributed by atoms with Crippen LogP contribution in [0.25, 0.3) is 0 Å². The molecule has 0 amide bonds. The van der Waals surface area contributed by atoms with Gasteiger partial charge in [-0.05, 0) is 0 Å². The number of carbonyl (C=O) groups excluding carboxylic acids is 2. The van der Waals surface area contributed by atoms with Crippen molar-refractivity contribution < 1.29 is 14.3 Å². The molecule has 0 saturated carbocycles. The number of piperazine rings is 1. The zero-order chi connectivity index (χ0) is 11.8. The molecule has 16 heavy (non-hydrogen) atoms. The lowest BCUT2D eigenvalue weighted by Gasteiger charge is -2.31. The van der Waals surface area contributed by atoms with Crippen molar-refractivity contribution in [2.24, 2.45) is 5.84 Å². The van der Waals surface area contributed by atoms with Gasteiger partial charge >= 0.3 is 5.97 Å². The first-order chi connectivity index (χ1) is 7.72. The first-order valence-electron chi connectivity index (χ1n) is 5.53. The molecule has 0 bridgehead atoms. The maximum atomic E-state index is 11.1. The fraction of sp³-hybridized carbons (Fsp3) is 0.800. The Bertz CT molecular complexity index is 227. The van der Waals surface area contributed by atoms with Crippen LogP contribution in [-0.4, -0.2) is 61.5 Å². The average Bonchev–Trinajstić information content (AvgIpc) is 2.29. The zero-order valence-electron chi connectivity index (χ0n) is 9.43. The molecule has 0 aliphatic carbocycles. The summed E-state index contributed by atoms with van der Waals surface area (Å²) in [7, 11) is 0. The van der Waals surface area contributed by atoms with Gasteiger partial charge in [0.1, 0.15) is 12.9 Å². The summed E-state index contributed by atoms with van der Waals surface area (Å²) < 4.78 is 4.99. The van der Waals surface area contributed by atoms with E-state index in [2.05, 4.69) is 4.90 Å². The maximum Gasteiger partial charge on any atom is 0.306 e. The van der Waals surface area contributed by atoms with Gasteiger partial charge in [0.15, 0.2) is 0 Å². The molecule has 92 valence electrons. The van der Waals surface area contributed by atoms with Gasteiger partial charge in [-0.1, -0.05) is 0 Å². The maximum absolute atomic E-state index is 11.1. The average molecular weight is 229 g/mol. The SMILES string of the molecule is NN1CCN(CCOC(=O)CCC=O)CC1. The van der Waals surface area contributed by atoms with Crippen LogP contribution in [0.15, 0.2) is 0 Å². The minimum absolute atomic E-state index is 0.181. The molecule has 0 radical (unpaired) electrons. The molecule has 2 N–H and O–H groups in total. The molecule has 0 unspecified atom stereocenters. The number of ether oxygens (including phenoxy) is 1. The van der Waals surface area contributed by atoms with Gasteiger partial charge in [-0.25, -0.2) is 5.01 Å². The Hall–Kier alpha value is -0.980. The van der Waals surface area contributed by atoms with Gasteiger partial charge in [0.05, 0.1) is 6.42 Å². The third-order valence-electron chi connectivity index (χ3n) is 2.54. The lowest BCUT2D eigenvalue weighted by Crippen LogP contribution is -2.50. The Labute approximate surface area is 95.3 Å². The summed E-state index contributed by atoms with van der Waals surface area (Å²) >= 11 is 0. The Balaban J connectivity index is 2.02. The van der Waals surface area contributed by atoms with Crippen molar-refractivity contribution in [3.8, 4) is 0 Å². The van der Waals surface area contributed by atoms with Gasteiger partial charge in [-0.3, -0.25) is 15.5 Å². The number of esters is 1. The van der Waals surface area contributed by atoms with Crippen molar-refractivity contribution in [2.45, 2.75) is 12.8 Å². The van der Waals surface area contributed by atoms with Crippen molar-refractivity contribution in [1.82, 2.24) is 9.91 Å². The number of rotatable bonds is 6. The van der Waals surface area contributed by atoms with E-state index in [0.29, 0.717) is 6.61 Å². The number of aldehydes is 1. The van der Waals surface area contributed by atoms with E-state index in [1.165, 1.54) is 0 Å². The predicted octanol–water partition coefficient (Wildman–Crippen LogP) is -1.000. The lowest BCUT2D eigenvalue weighted by molar-refractivity contribution is -0.144. The van der Waals surface area contributed by atoms with Crippen LogP contribution in [0.1, 0.15) is 12.8 Å². The van der Waals surface area contributed by atoms with Gasteiger partial charge in [0, 0.05) is 39.1 Å². The Morgan fingerprint density at radius 1 is 1.31 bits per heavy atom. The summed E-state index contributed by atoms with van der Waals surface area (Å²) in [6.07, 6.45) is 1.15. The van der Waals surface area contributed by atoms with E-state index in [1.807, 2.05) is 0 Å². The predicted molar refractivity (Wildman–Crippen MR) is 58.5 cm³/mol. The molecule has 6 heteroatoms. The topological polar surface area (TPSA) is 75.9 Å². The molecule has 1 aliphatic rings. The molecule has 1 aliphatic heterocycles. The Morgan fingerprint density at radius 3 is 2.62 bits per heavy atom. The van der Waals surface area contributed by atoms with Crippen LogP contribution in [0.3, 0.4) is 0 Å². The summed E-state index contributed by atoms with van der Waals surface area (Å²) in [5, 5.41) is 1.78. The molecule has 1 fully saturated rings. The van der Waals surface area contributed by atoms with E-state index in [1.54, 1.807) is 5.01 Å². The highest BCUT2D eigenvalue weighted by molar-refractivity contribution is 5.72. The van der Waals surface area contributed by atoms with Crippen molar-refractivity contribution >= 4 is 12.3 Å². The monoisotopic (exact) mass is 229 g/mol. The molecule has 1 saturated heterocycles. The summed E-state index contributed by atoms with van der Waals surface area (Å²) in [5.74, 6) is 5.32. The zero-order valence-corrected chi connectivity index (χ0v) is 9.43. The molecule has 0 aromatic heterocycles. The van der Waals surface area contributed by atoms with Crippen LogP contribution < -0.4 is 5.84 Å². The van der Waals surface area contributed by atoms with Crippen molar-refractivity contribution in [3.05, 3.63) is 0 Å². The van der Waals surface area contributed by atoms with Crippen LogP contribution in [-0.2, 0) is 14.3 Å². The third kappa shape index (κ3) is 5.20. The van der Waals surface area contributed by atoms with Crippen LogP contribution in [0.4, 0.5) is 0 Å². The Kier molecular flexibility index (Phi) is 5.99. The summed E-state index contributed by atoms with van der Waals surface area (Å²) in [4.78, 5) is 23.3. The van der Waals surface area contributed by atoms with E-state index in [0.717, 1.165) is 39.0 Å². The molecular formula is C10H19N3O3. The third-order valence-corrected chi connectivity index (χ3v) is 2.54. The molecule has 1 heterocycles.